The molecule has 1 amide bonds. The molecule has 1 N–H and O–H groups in total. The molecule has 2 saturated heterocycles. The predicted octanol–water partition coefficient (Wildman–Crippen LogP) is 2.37. The molecule has 1 aromatic rings. The Kier molecular flexibility index (Phi) is 4.35. The summed E-state index contributed by atoms with van der Waals surface area (Å²) in [6.45, 7) is 2.63. The van der Waals surface area contributed by atoms with Crippen molar-refractivity contribution in [3.63, 3.8) is 0 Å². The van der Waals surface area contributed by atoms with E-state index in [4.69, 9.17) is 9.84 Å². The fourth-order valence-electron chi connectivity index (χ4n) is 3.50. The first-order valence-electron chi connectivity index (χ1n) is 7.90. The number of hydrogen-bond acceptors (Lipinski definition) is 3. The summed E-state index contributed by atoms with van der Waals surface area (Å²) >= 11 is 0. The van der Waals surface area contributed by atoms with Gasteiger partial charge < -0.3 is 14.7 Å². The molecule has 3 rings (SSSR count). The molecule has 0 bridgehead atoms. The third-order valence-corrected chi connectivity index (χ3v) is 4.60. The fraction of sp³-hybridized carbons (Fsp3) is 0.529. The summed E-state index contributed by atoms with van der Waals surface area (Å²) < 4.78 is 18.9. The Bertz CT molecular complexity index is 620. The second-order valence-corrected chi connectivity index (χ2v) is 6.43. The Morgan fingerprint density at radius 1 is 1.30 bits per heavy atom. The molecule has 0 aromatic heterocycles. The maximum Gasteiger partial charge on any atom is 0.332 e. The molecule has 2 fully saturated rings. The van der Waals surface area contributed by atoms with Crippen LogP contribution in [0.2, 0.25) is 0 Å². The van der Waals surface area contributed by atoms with Gasteiger partial charge in [0.15, 0.2) is 6.10 Å². The zero-order valence-corrected chi connectivity index (χ0v) is 12.9. The number of amides is 1. The van der Waals surface area contributed by atoms with Gasteiger partial charge in [0.1, 0.15) is 11.9 Å². The van der Waals surface area contributed by atoms with E-state index in [1.54, 1.807) is 11.0 Å². The van der Waals surface area contributed by atoms with Crippen LogP contribution in [0.25, 0.3) is 0 Å². The quantitative estimate of drug-likeness (QED) is 0.928. The number of halogens is 1. The third kappa shape index (κ3) is 3.22. The predicted molar refractivity (Wildman–Crippen MR) is 80.2 cm³/mol. The van der Waals surface area contributed by atoms with Gasteiger partial charge in [0.25, 0.3) is 5.91 Å². The molecule has 4 atom stereocenters. The molecule has 2 heterocycles. The number of ether oxygens (including phenoxy) is 1. The van der Waals surface area contributed by atoms with Gasteiger partial charge in [0, 0.05) is 6.54 Å². The molecule has 2 aliphatic heterocycles. The Morgan fingerprint density at radius 2 is 2.04 bits per heavy atom. The van der Waals surface area contributed by atoms with Gasteiger partial charge in [0.05, 0.1) is 6.04 Å². The van der Waals surface area contributed by atoms with E-state index in [1.165, 1.54) is 12.1 Å². The molecule has 6 heteroatoms. The topological polar surface area (TPSA) is 66.8 Å². The summed E-state index contributed by atoms with van der Waals surface area (Å²) in [5.74, 6) is -1.23. The number of likely N-dealkylation sites (tertiary alicyclic amines) is 1. The highest BCUT2D eigenvalue weighted by atomic mass is 19.1. The van der Waals surface area contributed by atoms with Crippen molar-refractivity contribution in [2.45, 2.75) is 44.4 Å². The molecule has 2 aliphatic rings. The van der Waals surface area contributed by atoms with Crippen LogP contribution >= 0.6 is 0 Å². The Hall–Kier alpha value is -1.95. The summed E-state index contributed by atoms with van der Waals surface area (Å²) in [6.07, 6.45) is -0.0883. The van der Waals surface area contributed by atoms with Gasteiger partial charge in [0.2, 0.25) is 0 Å². The fourth-order valence-corrected chi connectivity index (χ4v) is 3.50. The molecular formula is C17H20FNO4. The number of carbonyl (C=O) groups excluding carboxylic acids is 1. The molecule has 0 radical (unpaired) electrons. The number of aliphatic carboxylic acids is 1. The lowest BCUT2D eigenvalue weighted by Crippen LogP contribution is -2.39. The molecule has 124 valence electrons. The van der Waals surface area contributed by atoms with Gasteiger partial charge in [-0.05, 0) is 42.9 Å². The maximum atomic E-state index is 13.5. The van der Waals surface area contributed by atoms with Gasteiger partial charge in [-0.2, -0.15) is 0 Å². The van der Waals surface area contributed by atoms with Gasteiger partial charge in [-0.3, -0.25) is 4.79 Å². The summed E-state index contributed by atoms with van der Waals surface area (Å²) in [6, 6.07) is 6.12. The molecular weight excluding hydrogens is 301 g/mol. The van der Waals surface area contributed by atoms with E-state index in [-0.39, 0.29) is 17.8 Å². The summed E-state index contributed by atoms with van der Waals surface area (Å²) in [7, 11) is 0. The lowest BCUT2D eigenvalue weighted by molar-refractivity contribution is -0.155. The minimum atomic E-state index is -1.03. The summed E-state index contributed by atoms with van der Waals surface area (Å²) in [4.78, 5) is 25.4. The molecule has 23 heavy (non-hydrogen) atoms. The van der Waals surface area contributed by atoms with Crippen molar-refractivity contribution in [1.82, 2.24) is 4.90 Å². The van der Waals surface area contributed by atoms with Crippen LogP contribution in [0.3, 0.4) is 0 Å². The van der Waals surface area contributed by atoms with Crippen molar-refractivity contribution in [2.24, 2.45) is 5.92 Å². The number of nitrogens with zero attached hydrogens (tertiary/aromatic N) is 1. The van der Waals surface area contributed by atoms with Crippen LogP contribution < -0.4 is 0 Å². The molecule has 0 saturated carbocycles. The van der Waals surface area contributed by atoms with E-state index >= 15 is 0 Å². The van der Waals surface area contributed by atoms with E-state index in [9.17, 15) is 14.0 Å². The second kappa shape index (κ2) is 6.28. The minimum absolute atomic E-state index is 0.180. The van der Waals surface area contributed by atoms with E-state index in [1.807, 2.05) is 6.07 Å². The molecule has 0 aliphatic carbocycles. The van der Waals surface area contributed by atoms with Crippen molar-refractivity contribution in [3.05, 3.63) is 35.6 Å². The van der Waals surface area contributed by atoms with E-state index in [0.29, 0.717) is 25.3 Å². The Balaban J connectivity index is 1.77. The molecule has 1 aromatic carbocycles. The molecule has 2 unspecified atom stereocenters. The van der Waals surface area contributed by atoms with Crippen LogP contribution in [0.1, 0.15) is 37.8 Å². The van der Waals surface area contributed by atoms with Crippen LogP contribution in [-0.2, 0) is 14.3 Å². The van der Waals surface area contributed by atoms with Gasteiger partial charge in [-0.25, -0.2) is 9.18 Å². The lowest BCUT2D eigenvalue weighted by Gasteiger charge is -2.27. The SMILES string of the molecule is CC1CC(c2cccc(F)c2)N(C(=O)[C@@H]2CC[C@H](C(=O)O)O2)C1. The first-order valence-corrected chi connectivity index (χ1v) is 7.90. The van der Waals surface area contributed by atoms with Crippen molar-refractivity contribution >= 4 is 11.9 Å². The third-order valence-electron chi connectivity index (χ3n) is 4.60. The van der Waals surface area contributed by atoms with Crippen LogP contribution in [-0.4, -0.2) is 40.6 Å². The highest BCUT2D eigenvalue weighted by Crippen LogP contribution is 2.37. The maximum absolute atomic E-state index is 13.5. The van der Waals surface area contributed by atoms with Gasteiger partial charge >= 0.3 is 5.97 Å². The second-order valence-electron chi connectivity index (χ2n) is 6.43. The van der Waals surface area contributed by atoms with Crippen LogP contribution in [0, 0.1) is 11.7 Å². The van der Waals surface area contributed by atoms with Crippen LogP contribution in [0.15, 0.2) is 24.3 Å². The molecule has 0 spiro atoms. The number of rotatable bonds is 3. The normalized spacial score (nSPS) is 30.6. The van der Waals surface area contributed by atoms with Gasteiger partial charge in [-0.1, -0.05) is 19.1 Å². The van der Waals surface area contributed by atoms with E-state index in [2.05, 4.69) is 6.92 Å². The zero-order valence-electron chi connectivity index (χ0n) is 12.9. The van der Waals surface area contributed by atoms with Crippen molar-refractivity contribution in [1.29, 1.82) is 0 Å². The van der Waals surface area contributed by atoms with Crippen LogP contribution in [0.4, 0.5) is 4.39 Å². The number of carboxylic acids is 1. The van der Waals surface area contributed by atoms with Crippen molar-refractivity contribution in [2.75, 3.05) is 6.54 Å². The zero-order chi connectivity index (χ0) is 16.6. The average Bonchev–Trinajstić information content (AvgIpc) is 3.13. The first kappa shape index (κ1) is 15.9. The molecule has 5 nitrogen and oxygen atoms in total. The van der Waals surface area contributed by atoms with Crippen LogP contribution in [0.5, 0.6) is 0 Å². The lowest BCUT2D eigenvalue weighted by atomic mass is 10.0. The summed E-state index contributed by atoms with van der Waals surface area (Å²) in [5.41, 5.74) is 0.774. The summed E-state index contributed by atoms with van der Waals surface area (Å²) in [5, 5.41) is 8.99. The van der Waals surface area contributed by atoms with Crippen molar-refractivity contribution in [3.8, 4) is 0 Å². The number of carboxylic acid groups (broad SMARTS) is 1. The minimum Gasteiger partial charge on any atom is -0.479 e. The highest BCUT2D eigenvalue weighted by Gasteiger charge is 2.41. The number of benzene rings is 1. The van der Waals surface area contributed by atoms with E-state index in [0.717, 1.165) is 12.0 Å². The van der Waals surface area contributed by atoms with E-state index < -0.39 is 18.2 Å². The van der Waals surface area contributed by atoms with Gasteiger partial charge in [-0.15, -0.1) is 0 Å². The average molecular weight is 321 g/mol. The monoisotopic (exact) mass is 321 g/mol. The largest absolute Gasteiger partial charge is 0.479 e. The Morgan fingerprint density at radius 3 is 2.70 bits per heavy atom. The number of hydrogen-bond donors (Lipinski definition) is 1. The standard InChI is InChI=1S/C17H20FNO4/c1-10-7-13(11-3-2-4-12(18)8-11)19(9-10)16(20)14-5-6-15(23-14)17(21)22/h2-4,8,10,13-15H,5-7,9H2,1H3,(H,21,22)/t10?,13?,14-,15+/m0/s1. The Labute approximate surface area is 134 Å². The van der Waals surface area contributed by atoms with Crippen molar-refractivity contribution < 1.29 is 23.8 Å². The number of carbonyl (C=O) groups is 2. The first-order chi connectivity index (χ1) is 11.0. The smallest absolute Gasteiger partial charge is 0.332 e. The highest BCUT2D eigenvalue weighted by molar-refractivity contribution is 5.83.